The van der Waals surface area contributed by atoms with E-state index in [0.29, 0.717) is 27.5 Å². The Labute approximate surface area is 136 Å². The molecule has 0 bridgehead atoms. The highest BCUT2D eigenvalue weighted by molar-refractivity contribution is 6.33. The molecule has 0 aliphatic carbocycles. The summed E-state index contributed by atoms with van der Waals surface area (Å²) >= 11 is 6.06. The number of aromatic hydroxyl groups is 1. The third-order valence-corrected chi connectivity index (χ3v) is 3.46. The smallest absolute Gasteiger partial charge is 0.337 e. The number of halogens is 1. The molecule has 0 fully saturated rings. The number of rotatable bonds is 3. The lowest BCUT2D eigenvalue weighted by atomic mass is 10.1. The molecule has 0 aliphatic rings. The van der Waals surface area contributed by atoms with Crippen LogP contribution in [0.15, 0.2) is 47.0 Å². The Bertz CT molecular complexity index is 876. The Balaban J connectivity index is 1.97. The molecule has 2 aromatic carbocycles. The maximum atomic E-state index is 11.6. The van der Waals surface area contributed by atoms with Gasteiger partial charge in [-0.15, -0.1) is 0 Å². The van der Waals surface area contributed by atoms with Crippen molar-refractivity contribution in [2.45, 2.75) is 0 Å². The second-order valence-corrected chi connectivity index (χ2v) is 5.07. The number of methoxy groups -OCH3 is 1. The molecule has 0 saturated heterocycles. The van der Waals surface area contributed by atoms with Gasteiger partial charge >= 0.3 is 5.97 Å². The van der Waals surface area contributed by atoms with Gasteiger partial charge in [0.1, 0.15) is 5.75 Å². The molecule has 6 nitrogen and oxygen atoms in total. The Kier molecular flexibility index (Phi) is 3.99. The normalized spacial score (nSPS) is 10.5. The fourth-order valence-corrected chi connectivity index (χ4v) is 2.29. The molecule has 116 valence electrons. The van der Waals surface area contributed by atoms with Gasteiger partial charge in [-0.05, 0) is 30.3 Å². The first-order valence-electron chi connectivity index (χ1n) is 6.60. The van der Waals surface area contributed by atoms with E-state index >= 15 is 0 Å². The van der Waals surface area contributed by atoms with Crippen LogP contribution in [0.2, 0.25) is 5.02 Å². The van der Waals surface area contributed by atoms with E-state index in [0.717, 1.165) is 0 Å². The average Bonchev–Trinajstić information content (AvgIpc) is 3.04. The van der Waals surface area contributed by atoms with E-state index in [1.165, 1.54) is 19.2 Å². The second-order valence-electron chi connectivity index (χ2n) is 4.66. The van der Waals surface area contributed by atoms with Gasteiger partial charge in [-0.2, -0.15) is 4.98 Å². The Hall–Kier alpha value is -2.86. The molecule has 0 atom stereocenters. The van der Waals surface area contributed by atoms with Gasteiger partial charge in [0.2, 0.25) is 5.82 Å². The fourth-order valence-electron chi connectivity index (χ4n) is 2.03. The maximum Gasteiger partial charge on any atom is 0.337 e. The molecule has 1 aromatic heterocycles. The minimum Gasteiger partial charge on any atom is -0.508 e. The van der Waals surface area contributed by atoms with Gasteiger partial charge in [0, 0.05) is 5.56 Å². The van der Waals surface area contributed by atoms with Gasteiger partial charge in [0.15, 0.2) is 0 Å². The molecule has 0 aliphatic heterocycles. The molecule has 1 N–H and O–H groups in total. The minimum absolute atomic E-state index is 0.0456. The summed E-state index contributed by atoms with van der Waals surface area (Å²) in [5.74, 6) is 0.129. The molecule has 3 aromatic rings. The van der Waals surface area contributed by atoms with Crippen LogP contribution in [0.5, 0.6) is 5.75 Å². The summed E-state index contributed by atoms with van der Waals surface area (Å²) in [7, 11) is 1.31. The summed E-state index contributed by atoms with van der Waals surface area (Å²) in [5, 5.41) is 13.6. The predicted octanol–water partition coefficient (Wildman–Crippen LogP) is 3.55. The van der Waals surface area contributed by atoms with E-state index in [9.17, 15) is 9.90 Å². The van der Waals surface area contributed by atoms with Crippen LogP contribution in [-0.2, 0) is 4.74 Å². The van der Waals surface area contributed by atoms with Crippen LogP contribution in [0.25, 0.3) is 22.8 Å². The Morgan fingerprint density at radius 2 is 2.09 bits per heavy atom. The van der Waals surface area contributed by atoms with Gasteiger partial charge in [-0.3, -0.25) is 0 Å². The van der Waals surface area contributed by atoms with E-state index < -0.39 is 5.97 Å². The molecule has 0 amide bonds. The minimum atomic E-state index is -0.447. The first-order valence-corrected chi connectivity index (χ1v) is 6.97. The number of ether oxygens (including phenoxy) is 1. The molecule has 0 spiro atoms. The zero-order valence-corrected chi connectivity index (χ0v) is 12.7. The van der Waals surface area contributed by atoms with Gasteiger partial charge in [0.05, 0.1) is 23.3 Å². The van der Waals surface area contributed by atoms with Gasteiger partial charge in [-0.1, -0.05) is 28.9 Å². The molecule has 7 heteroatoms. The van der Waals surface area contributed by atoms with Crippen LogP contribution >= 0.6 is 11.6 Å². The van der Waals surface area contributed by atoms with Gasteiger partial charge < -0.3 is 14.4 Å². The van der Waals surface area contributed by atoms with E-state index in [-0.39, 0.29) is 11.6 Å². The van der Waals surface area contributed by atoms with Gasteiger partial charge in [0.25, 0.3) is 5.89 Å². The van der Waals surface area contributed by atoms with Crippen molar-refractivity contribution in [3.63, 3.8) is 0 Å². The van der Waals surface area contributed by atoms with Crippen LogP contribution in [0, 0.1) is 0 Å². The van der Waals surface area contributed by atoms with Crippen molar-refractivity contribution in [3.05, 3.63) is 53.1 Å². The van der Waals surface area contributed by atoms with Crippen molar-refractivity contribution in [2.24, 2.45) is 0 Å². The highest BCUT2D eigenvalue weighted by Crippen LogP contribution is 2.31. The largest absolute Gasteiger partial charge is 0.508 e. The number of hydrogen-bond acceptors (Lipinski definition) is 6. The lowest BCUT2D eigenvalue weighted by Gasteiger charge is -2.00. The number of carbonyl (C=O) groups excluding carboxylic acids is 1. The van der Waals surface area contributed by atoms with Crippen molar-refractivity contribution in [1.82, 2.24) is 10.1 Å². The highest BCUT2D eigenvalue weighted by Gasteiger charge is 2.15. The van der Waals surface area contributed by atoms with Crippen molar-refractivity contribution >= 4 is 17.6 Å². The van der Waals surface area contributed by atoms with E-state index in [2.05, 4.69) is 14.9 Å². The number of nitrogens with zero attached hydrogens (tertiary/aromatic N) is 2. The Morgan fingerprint density at radius 3 is 2.83 bits per heavy atom. The van der Waals surface area contributed by atoms with Crippen molar-refractivity contribution in [1.29, 1.82) is 0 Å². The summed E-state index contributed by atoms with van der Waals surface area (Å²) in [4.78, 5) is 15.8. The van der Waals surface area contributed by atoms with Crippen LogP contribution in [0.4, 0.5) is 0 Å². The zero-order valence-electron chi connectivity index (χ0n) is 12.0. The first-order chi connectivity index (χ1) is 11.1. The van der Waals surface area contributed by atoms with Crippen LogP contribution in [-0.4, -0.2) is 28.3 Å². The molecular weight excluding hydrogens is 320 g/mol. The lowest BCUT2D eigenvalue weighted by Crippen LogP contribution is -2.00. The standard InChI is InChI=1S/C16H11ClN2O4/c1-22-16(21)10-4-2-3-9(7-10)14-18-15(23-19-14)12-6-5-11(20)8-13(12)17/h2-8,20H,1H3. The van der Waals surface area contributed by atoms with E-state index in [1.54, 1.807) is 30.3 Å². The van der Waals surface area contributed by atoms with Crippen LogP contribution in [0.1, 0.15) is 10.4 Å². The van der Waals surface area contributed by atoms with Crippen molar-refractivity contribution in [3.8, 4) is 28.6 Å². The summed E-state index contributed by atoms with van der Waals surface area (Å²) in [5.41, 5.74) is 1.50. The summed E-state index contributed by atoms with van der Waals surface area (Å²) in [6, 6.07) is 11.1. The molecule has 0 saturated carbocycles. The SMILES string of the molecule is COC(=O)c1cccc(-c2noc(-c3ccc(O)cc3Cl)n2)c1. The number of esters is 1. The van der Waals surface area contributed by atoms with Crippen molar-refractivity contribution in [2.75, 3.05) is 7.11 Å². The monoisotopic (exact) mass is 330 g/mol. The number of phenols is 1. The van der Waals surface area contributed by atoms with Crippen LogP contribution in [0.3, 0.4) is 0 Å². The topological polar surface area (TPSA) is 85.5 Å². The molecule has 3 rings (SSSR count). The third-order valence-electron chi connectivity index (χ3n) is 3.15. The number of benzene rings is 2. The Morgan fingerprint density at radius 1 is 1.26 bits per heavy atom. The molecule has 0 radical (unpaired) electrons. The zero-order chi connectivity index (χ0) is 16.4. The first kappa shape index (κ1) is 15.1. The number of phenolic OH excluding ortho intramolecular Hbond substituents is 1. The quantitative estimate of drug-likeness (QED) is 0.739. The molecular formula is C16H11ClN2O4. The molecule has 0 unspecified atom stereocenters. The number of aromatic nitrogens is 2. The molecule has 1 heterocycles. The molecule has 23 heavy (non-hydrogen) atoms. The average molecular weight is 331 g/mol. The summed E-state index contributed by atoms with van der Waals surface area (Å²) in [6.07, 6.45) is 0. The second kappa shape index (κ2) is 6.10. The fraction of sp³-hybridized carbons (Fsp3) is 0.0625. The summed E-state index contributed by atoms with van der Waals surface area (Å²) in [6.45, 7) is 0. The predicted molar refractivity (Wildman–Crippen MR) is 83.2 cm³/mol. The number of carbonyl (C=O) groups is 1. The highest BCUT2D eigenvalue weighted by atomic mass is 35.5. The van der Waals surface area contributed by atoms with E-state index in [4.69, 9.17) is 16.1 Å². The van der Waals surface area contributed by atoms with Crippen molar-refractivity contribution < 1.29 is 19.2 Å². The van der Waals surface area contributed by atoms with Crippen LogP contribution < -0.4 is 0 Å². The maximum absolute atomic E-state index is 11.6. The lowest BCUT2D eigenvalue weighted by molar-refractivity contribution is 0.0601. The number of hydrogen-bond donors (Lipinski definition) is 1. The van der Waals surface area contributed by atoms with E-state index in [1.807, 2.05) is 0 Å². The third kappa shape index (κ3) is 3.02. The van der Waals surface area contributed by atoms with Gasteiger partial charge in [-0.25, -0.2) is 4.79 Å². The summed E-state index contributed by atoms with van der Waals surface area (Å²) < 4.78 is 9.89.